The Morgan fingerprint density at radius 2 is 1.44 bits per heavy atom. The smallest absolute Gasteiger partial charge is 0.203 e. The van der Waals surface area contributed by atoms with Crippen molar-refractivity contribution in [2.75, 3.05) is 33.8 Å². The minimum Gasteiger partial charge on any atom is -0.497 e. The topological polar surface area (TPSA) is 92.5 Å². The van der Waals surface area contributed by atoms with Crippen LogP contribution >= 0.6 is 0 Å². The summed E-state index contributed by atoms with van der Waals surface area (Å²) >= 11 is 0. The Balaban J connectivity index is 1.68. The van der Waals surface area contributed by atoms with Crippen molar-refractivity contribution in [3.05, 3.63) is 73.1 Å². The van der Waals surface area contributed by atoms with Gasteiger partial charge in [-0.2, -0.15) is 0 Å². The quantitative estimate of drug-likeness (QED) is 0.320. The molecule has 0 aliphatic carbocycles. The first-order chi connectivity index (χ1) is 17.6. The van der Waals surface area contributed by atoms with Crippen molar-refractivity contribution in [2.45, 2.75) is 0 Å². The highest BCUT2D eigenvalue weighted by Crippen LogP contribution is 2.41. The van der Waals surface area contributed by atoms with Gasteiger partial charge in [0.2, 0.25) is 5.75 Å². The van der Waals surface area contributed by atoms with Crippen LogP contribution in [0.25, 0.3) is 28.2 Å². The zero-order chi connectivity index (χ0) is 25.1. The molecule has 36 heavy (non-hydrogen) atoms. The Morgan fingerprint density at radius 1 is 0.750 bits per heavy atom. The fourth-order valence-electron chi connectivity index (χ4n) is 3.92. The summed E-state index contributed by atoms with van der Waals surface area (Å²) in [6.07, 6.45) is 1.74. The Bertz CT molecular complexity index is 1480. The lowest BCUT2D eigenvalue weighted by atomic mass is 10.2. The van der Waals surface area contributed by atoms with Crippen LogP contribution in [0, 0.1) is 0 Å². The van der Waals surface area contributed by atoms with E-state index in [4.69, 9.17) is 28.9 Å². The van der Waals surface area contributed by atoms with Crippen LogP contribution in [0.2, 0.25) is 0 Å². The third-order valence-corrected chi connectivity index (χ3v) is 5.71. The van der Waals surface area contributed by atoms with E-state index in [0.29, 0.717) is 45.7 Å². The van der Waals surface area contributed by atoms with Crippen molar-refractivity contribution in [3.8, 4) is 40.1 Å². The molecular weight excluding hydrogens is 458 g/mol. The molecule has 0 atom stereocenters. The van der Waals surface area contributed by atoms with Crippen LogP contribution in [0.15, 0.2) is 73.1 Å². The highest BCUT2D eigenvalue weighted by Gasteiger charge is 2.18. The van der Waals surface area contributed by atoms with E-state index in [1.807, 2.05) is 71.3 Å². The number of nitrogens with one attached hydrogen (secondary N) is 1. The monoisotopic (exact) mass is 483 g/mol. The van der Waals surface area contributed by atoms with E-state index >= 15 is 0 Å². The molecule has 9 nitrogen and oxygen atoms in total. The number of imidazole rings is 1. The van der Waals surface area contributed by atoms with Gasteiger partial charge in [-0.3, -0.25) is 4.57 Å². The predicted molar refractivity (Wildman–Crippen MR) is 138 cm³/mol. The van der Waals surface area contributed by atoms with E-state index < -0.39 is 0 Å². The number of methoxy groups -OCH3 is 4. The van der Waals surface area contributed by atoms with Crippen molar-refractivity contribution >= 4 is 22.7 Å². The van der Waals surface area contributed by atoms with Crippen LogP contribution < -0.4 is 24.3 Å². The first kappa shape index (κ1) is 23.0. The third kappa shape index (κ3) is 4.22. The number of hydrogen-bond acceptors (Lipinski definition) is 8. The van der Waals surface area contributed by atoms with Crippen molar-refractivity contribution in [1.29, 1.82) is 0 Å². The molecular formula is C27H25N5O4. The zero-order valence-electron chi connectivity index (χ0n) is 20.4. The molecule has 5 aromatic rings. The maximum Gasteiger partial charge on any atom is 0.203 e. The summed E-state index contributed by atoms with van der Waals surface area (Å²) in [5.41, 5.74) is 3.76. The average molecular weight is 484 g/mol. The van der Waals surface area contributed by atoms with Gasteiger partial charge in [0.25, 0.3) is 0 Å². The number of fused-ring (bicyclic) bond motifs is 1. The zero-order valence-corrected chi connectivity index (χ0v) is 20.4. The fourth-order valence-corrected chi connectivity index (χ4v) is 3.92. The van der Waals surface area contributed by atoms with Gasteiger partial charge >= 0.3 is 0 Å². The summed E-state index contributed by atoms with van der Waals surface area (Å²) in [5, 5.41) is 3.38. The van der Waals surface area contributed by atoms with Gasteiger partial charge in [0.05, 0.1) is 28.4 Å². The largest absolute Gasteiger partial charge is 0.497 e. The van der Waals surface area contributed by atoms with Crippen LogP contribution in [-0.2, 0) is 0 Å². The molecule has 2 heterocycles. The van der Waals surface area contributed by atoms with Crippen LogP contribution in [0.5, 0.6) is 23.0 Å². The first-order valence-corrected chi connectivity index (χ1v) is 11.2. The molecule has 9 heteroatoms. The van der Waals surface area contributed by atoms with Crippen molar-refractivity contribution < 1.29 is 18.9 Å². The molecule has 0 saturated carbocycles. The average Bonchev–Trinajstić information content (AvgIpc) is 3.37. The summed E-state index contributed by atoms with van der Waals surface area (Å²) in [6.45, 7) is 0. The molecule has 5 rings (SSSR count). The molecule has 0 fully saturated rings. The summed E-state index contributed by atoms with van der Waals surface area (Å²) in [4.78, 5) is 14.3. The van der Waals surface area contributed by atoms with Crippen LogP contribution in [0.3, 0.4) is 0 Å². The molecule has 1 N–H and O–H groups in total. The Morgan fingerprint density at radius 3 is 2.06 bits per heavy atom. The standard InChI is InChI=1S/C27H25N5O4/c1-33-20-12-10-17(11-13-20)25-30-26(29-18-14-21(34-2)24(36-4)22(15-18)35-3)23-27(31-25)32(16-28-23)19-8-6-5-7-9-19/h5-16H,1-4H3,(H,29,30,31). The highest BCUT2D eigenvalue weighted by atomic mass is 16.5. The summed E-state index contributed by atoms with van der Waals surface area (Å²) < 4.78 is 23.7. The van der Waals surface area contributed by atoms with Crippen LogP contribution in [0.4, 0.5) is 11.5 Å². The summed E-state index contributed by atoms with van der Waals surface area (Å²) in [5.74, 6) is 3.38. The van der Waals surface area contributed by atoms with Gasteiger partial charge in [0, 0.05) is 29.1 Å². The molecule has 0 bridgehead atoms. The Labute approximate surface area is 208 Å². The number of ether oxygens (including phenoxy) is 4. The van der Waals surface area contributed by atoms with Crippen LogP contribution in [0.1, 0.15) is 0 Å². The summed E-state index contributed by atoms with van der Waals surface area (Å²) in [6, 6.07) is 21.2. The molecule has 0 aliphatic heterocycles. The van der Waals surface area contributed by atoms with E-state index in [2.05, 4.69) is 10.3 Å². The number of benzene rings is 3. The van der Waals surface area contributed by atoms with Crippen molar-refractivity contribution in [2.24, 2.45) is 0 Å². The van der Waals surface area contributed by atoms with Gasteiger partial charge in [-0.25, -0.2) is 15.0 Å². The van der Waals surface area contributed by atoms with E-state index in [-0.39, 0.29) is 0 Å². The normalized spacial score (nSPS) is 10.8. The fraction of sp³-hybridized carbons (Fsp3) is 0.148. The molecule has 0 amide bonds. The second kappa shape index (κ2) is 9.83. The molecule has 0 aliphatic rings. The van der Waals surface area contributed by atoms with E-state index in [0.717, 1.165) is 17.0 Å². The lowest BCUT2D eigenvalue weighted by Crippen LogP contribution is -2.02. The van der Waals surface area contributed by atoms with Gasteiger partial charge in [-0.15, -0.1) is 0 Å². The number of aromatic nitrogens is 4. The number of para-hydroxylation sites is 1. The van der Waals surface area contributed by atoms with Gasteiger partial charge in [0.1, 0.15) is 12.1 Å². The van der Waals surface area contributed by atoms with Gasteiger partial charge in [-0.05, 0) is 36.4 Å². The summed E-state index contributed by atoms with van der Waals surface area (Å²) in [7, 11) is 6.36. The number of nitrogens with zero attached hydrogens (tertiary/aromatic N) is 4. The molecule has 0 unspecified atom stereocenters. The molecule has 0 radical (unpaired) electrons. The third-order valence-electron chi connectivity index (χ3n) is 5.71. The van der Waals surface area contributed by atoms with E-state index in [1.165, 1.54) is 0 Å². The Kier molecular flexibility index (Phi) is 6.27. The number of anilines is 2. The molecule has 182 valence electrons. The molecule has 2 aromatic heterocycles. The lowest BCUT2D eigenvalue weighted by molar-refractivity contribution is 0.324. The number of rotatable bonds is 8. The minimum atomic E-state index is 0.505. The second-order valence-corrected chi connectivity index (χ2v) is 7.79. The molecule has 0 spiro atoms. The maximum atomic E-state index is 5.51. The molecule has 3 aromatic carbocycles. The van der Waals surface area contributed by atoms with Gasteiger partial charge in [0.15, 0.2) is 34.3 Å². The Hall–Kier alpha value is -4.79. The van der Waals surface area contributed by atoms with E-state index in [9.17, 15) is 0 Å². The van der Waals surface area contributed by atoms with Gasteiger partial charge < -0.3 is 24.3 Å². The van der Waals surface area contributed by atoms with Gasteiger partial charge in [-0.1, -0.05) is 18.2 Å². The van der Waals surface area contributed by atoms with E-state index in [1.54, 1.807) is 34.8 Å². The van der Waals surface area contributed by atoms with Crippen LogP contribution in [-0.4, -0.2) is 48.0 Å². The van der Waals surface area contributed by atoms with Crippen molar-refractivity contribution in [1.82, 2.24) is 19.5 Å². The number of hydrogen-bond donors (Lipinski definition) is 1. The first-order valence-electron chi connectivity index (χ1n) is 11.2. The predicted octanol–water partition coefficient (Wildman–Crippen LogP) is 5.26. The second-order valence-electron chi connectivity index (χ2n) is 7.79. The lowest BCUT2D eigenvalue weighted by Gasteiger charge is -2.15. The highest BCUT2D eigenvalue weighted by molar-refractivity contribution is 5.88. The molecule has 0 saturated heterocycles. The maximum absolute atomic E-state index is 5.51. The van der Waals surface area contributed by atoms with Crippen molar-refractivity contribution in [3.63, 3.8) is 0 Å². The minimum absolute atomic E-state index is 0.505. The SMILES string of the molecule is COc1ccc(-c2nc(Nc3cc(OC)c(OC)c(OC)c3)c3ncn(-c4ccccc4)c3n2)cc1.